The Bertz CT molecular complexity index is 291. The molecular formula is C14H24N2. The summed E-state index contributed by atoms with van der Waals surface area (Å²) in [5.41, 5.74) is 3.07. The first-order chi connectivity index (χ1) is 7.78. The summed E-state index contributed by atoms with van der Waals surface area (Å²) in [6.45, 7) is 5.89. The molecule has 2 aliphatic rings. The van der Waals surface area contributed by atoms with Gasteiger partial charge in [0.25, 0.3) is 0 Å². The van der Waals surface area contributed by atoms with E-state index in [-0.39, 0.29) is 0 Å². The molecule has 2 nitrogen and oxygen atoms in total. The van der Waals surface area contributed by atoms with Gasteiger partial charge in [-0.3, -0.25) is 4.90 Å². The topological polar surface area (TPSA) is 15.3 Å². The molecule has 0 radical (unpaired) electrons. The Labute approximate surface area is 99.4 Å². The normalized spacial score (nSPS) is 27.5. The highest BCUT2D eigenvalue weighted by Crippen LogP contribution is 2.19. The predicted molar refractivity (Wildman–Crippen MR) is 69.6 cm³/mol. The number of nitrogens with one attached hydrogen (secondary N) is 1. The summed E-state index contributed by atoms with van der Waals surface area (Å²) < 4.78 is 0. The molecule has 1 atom stereocenters. The number of likely N-dealkylation sites (N-methyl/N-ethyl adjacent to an activating group) is 1. The smallest absolute Gasteiger partial charge is 0.0196 e. The molecule has 1 heterocycles. The lowest BCUT2D eigenvalue weighted by Gasteiger charge is -2.33. The minimum absolute atomic E-state index is 0.703. The average molecular weight is 220 g/mol. The van der Waals surface area contributed by atoms with E-state index in [2.05, 4.69) is 36.3 Å². The third-order valence-electron chi connectivity index (χ3n) is 3.70. The van der Waals surface area contributed by atoms with E-state index in [1.54, 1.807) is 5.57 Å². The molecule has 0 aromatic carbocycles. The number of nitrogens with zero attached hydrogens (tertiary/aromatic N) is 1. The van der Waals surface area contributed by atoms with Gasteiger partial charge in [-0.15, -0.1) is 0 Å². The van der Waals surface area contributed by atoms with Crippen LogP contribution in [0, 0.1) is 0 Å². The Morgan fingerprint density at radius 3 is 3.12 bits per heavy atom. The maximum atomic E-state index is 3.41. The molecule has 1 unspecified atom stereocenters. The Morgan fingerprint density at radius 2 is 2.38 bits per heavy atom. The standard InChI is InChI=1S/C14H24N2/c1-12-5-3-6-13(9-12)10-16-8-4-7-14(11-16)15-2/h5,9,14-15H,3-4,6-8,10-11H2,1-2H3. The molecule has 0 aromatic rings. The van der Waals surface area contributed by atoms with Crippen LogP contribution < -0.4 is 5.32 Å². The number of likely N-dealkylation sites (tertiary alicyclic amines) is 1. The molecule has 0 amide bonds. The van der Waals surface area contributed by atoms with Crippen molar-refractivity contribution in [1.29, 1.82) is 0 Å². The third kappa shape index (κ3) is 3.19. The van der Waals surface area contributed by atoms with E-state index in [1.165, 1.54) is 50.9 Å². The van der Waals surface area contributed by atoms with Crippen LogP contribution in [0.4, 0.5) is 0 Å². The average Bonchev–Trinajstić information content (AvgIpc) is 2.29. The Kier molecular flexibility index (Phi) is 4.19. The second-order valence-electron chi connectivity index (χ2n) is 5.15. The van der Waals surface area contributed by atoms with Gasteiger partial charge in [0.15, 0.2) is 0 Å². The van der Waals surface area contributed by atoms with Gasteiger partial charge < -0.3 is 5.32 Å². The number of allylic oxidation sites excluding steroid dienone is 3. The van der Waals surface area contributed by atoms with E-state index in [4.69, 9.17) is 0 Å². The fourth-order valence-corrected chi connectivity index (χ4v) is 2.78. The van der Waals surface area contributed by atoms with Gasteiger partial charge in [-0.1, -0.05) is 23.3 Å². The van der Waals surface area contributed by atoms with Crippen LogP contribution in [0.5, 0.6) is 0 Å². The highest BCUT2D eigenvalue weighted by Gasteiger charge is 2.19. The number of rotatable bonds is 3. The zero-order valence-corrected chi connectivity index (χ0v) is 10.6. The zero-order valence-electron chi connectivity index (χ0n) is 10.6. The highest BCUT2D eigenvalue weighted by atomic mass is 15.2. The van der Waals surface area contributed by atoms with E-state index in [0.29, 0.717) is 6.04 Å². The monoisotopic (exact) mass is 220 g/mol. The summed E-state index contributed by atoms with van der Waals surface area (Å²) in [6.07, 6.45) is 9.90. The quantitative estimate of drug-likeness (QED) is 0.785. The summed E-state index contributed by atoms with van der Waals surface area (Å²) in [4.78, 5) is 2.61. The summed E-state index contributed by atoms with van der Waals surface area (Å²) in [5, 5.41) is 3.41. The zero-order chi connectivity index (χ0) is 11.4. The van der Waals surface area contributed by atoms with Crippen LogP contribution in [-0.2, 0) is 0 Å². The molecule has 16 heavy (non-hydrogen) atoms. The molecular weight excluding hydrogens is 196 g/mol. The first-order valence-corrected chi connectivity index (χ1v) is 6.54. The third-order valence-corrected chi connectivity index (χ3v) is 3.70. The van der Waals surface area contributed by atoms with Crippen molar-refractivity contribution >= 4 is 0 Å². The number of hydrogen-bond acceptors (Lipinski definition) is 2. The SMILES string of the molecule is CNC1CCCN(CC2=CC(C)=CCC2)C1. The molecule has 90 valence electrons. The Hall–Kier alpha value is -0.600. The van der Waals surface area contributed by atoms with Crippen LogP contribution >= 0.6 is 0 Å². The molecule has 0 aromatic heterocycles. The van der Waals surface area contributed by atoms with Crippen LogP contribution in [-0.4, -0.2) is 37.6 Å². The second-order valence-corrected chi connectivity index (χ2v) is 5.15. The molecule has 1 saturated heterocycles. The van der Waals surface area contributed by atoms with Gasteiger partial charge in [0, 0.05) is 19.1 Å². The van der Waals surface area contributed by atoms with Gasteiger partial charge in [-0.2, -0.15) is 0 Å². The van der Waals surface area contributed by atoms with Gasteiger partial charge in [-0.25, -0.2) is 0 Å². The van der Waals surface area contributed by atoms with Crippen LogP contribution in [0.3, 0.4) is 0 Å². The van der Waals surface area contributed by atoms with Crippen molar-refractivity contribution in [1.82, 2.24) is 10.2 Å². The van der Waals surface area contributed by atoms with Crippen molar-refractivity contribution in [3.63, 3.8) is 0 Å². The minimum atomic E-state index is 0.703. The van der Waals surface area contributed by atoms with E-state index < -0.39 is 0 Å². The van der Waals surface area contributed by atoms with Gasteiger partial charge in [-0.05, 0) is 46.2 Å². The first kappa shape index (κ1) is 11.9. The van der Waals surface area contributed by atoms with E-state index in [9.17, 15) is 0 Å². The van der Waals surface area contributed by atoms with Crippen LogP contribution in [0.2, 0.25) is 0 Å². The molecule has 2 heteroatoms. The van der Waals surface area contributed by atoms with Crippen molar-refractivity contribution in [3.05, 3.63) is 23.3 Å². The lowest BCUT2D eigenvalue weighted by Crippen LogP contribution is -2.45. The van der Waals surface area contributed by atoms with Crippen molar-refractivity contribution in [2.45, 2.75) is 38.6 Å². The number of hydrogen-bond donors (Lipinski definition) is 1. The molecule has 1 aliphatic heterocycles. The lowest BCUT2D eigenvalue weighted by atomic mass is 9.98. The van der Waals surface area contributed by atoms with Crippen molar-refractivity contribution < 1.29 is 0 Å². The van der Waals surface area contributed by atoms with Crippen molar-refractivity contribution in [2.24, 2.45) is 0 Å². The van der Waals surface area contributed by atoms with Gasteiger partial charge in [0.1, 0.15) is 0 Å². The molecule has 1 aliphatic carbocycles. The van der Waals surface area contributed by atoms with Crippen molar-refractivity contribution in [2.75, 3.05) is 26.7 Å². The fourth-order valence-electron chi connectivity index (χ4n) is 2.78. The Balaban J connectivity index is 1.87. The Morgan fingerprint density at radius 1 is 1.50 bits per heavy atom. The highest BCUT2D eigenvalue weighted by molar-refractivity contribution is 5.26. The van der Waals surface area contributed by atoms with Crippen molar-refractivity contribution in [3.8, 4) is 0 Å². The van der Waals surface area contributed by atoms with Gasteiger partial charge in [0.2, 0.25) is 0 Å². The first-order valence-electron chi connectivity index (χ1n) is 6.54. The molecule has 1 fully saturated rings. The molecule has 2 rings (SSSR count). The summed E-state index contributed by atoms with van der Waals surface area (Å²) >= 11 is 0. The maximum Gasteiger partial charge on any atom is 0.0196 e. The molecule has 0 saturated carbocycles. The molecule has 0 spiro atoms. The second kappa shape index (κ2) is 5.65. The van der Waals surface area contributed by atoms with Gasteiger partial charge in [0.05, 0.1) is 0 Å². The van der Waals surface area contributed by atoms with Crippen LogP contribution in [0.1, 0.15) is 32.6 Å². The molecule has 0 bridgehead atoms. The maximum absolute atomic E-state index is 3.41. The summed E-state index contributed by atoms with van der Waals surface area (Å²) in [6, 6.07) is 0.703. The lowest BCUT2D eigenvalue weighted by molar-refractivity contribution is 0.208. The largest absolute Gasteiger partial charge is 0.316 e. The minimum Gasteiger partial charge on any atom is -0.316 e. The van der Waals surface area contributed by atoms with E-state index >= 15 is 0 Å². The van der Waals surface area contributed by atoms with E-state index in [1.807, 2.05) is 0 Å². The fraction of sp³-hybridized carbons (Fsp3) is 0.714. The van der Waals surface area contributed by atoms with Crippen LogP contribution in [0.15, 0.2) is 23.3 Å². The molecule has 1 N–H and O–H groups in total. The predicted octanol–water partition coefficient (Wildman–Crippen LogP) is 2.34. The van der Waals surface area contributed by atoms with E-state index in [0.717, 1.165) is 0 Å². The number of piperidine rings is 1. The summed E-state index contributed by atoms with van der Waals surface area (Å²) in [7, 11) is 2.08. The van der Waals surface area contributed by atoms with Crippen LogP contribution in [0.25, 0.3) is 0 Å². The summed E-state index contributed by atoms with van der Waals surface area (Å²) in [5.74, 6) is 0. The van der Waals surface area contributed by atoms with Gasteiger partial charge >= 0.3 is 0 Å².